The van der Waals surface area contributed by atoms with Gasteiger partial charge in [-0.2, -0.15) is 5.01 Å². The van der Waals surface area contributed by atoms with Gasteiger partial charge in [0.1, 0.15) is 11.5 Å². The number of imide groups is 1. The van der Waals surface area contributed by atoms with Crippen molar-refractivity contribution in [1.29, 1.82) is 0 Å². The number of allylic oxidation sites excluding steroid dienone is 2. The van der Waals surface area contributed by atoms with Gasteiger partial charge in [0, 0.05) is 21.5 Å². The predicted molar refractivity (Wildman–Crippen MR) is 192 cm³/mol. The average Bonchev–Trinajstić information content (AvgIpc) is 3.51. The van der Waals surface area contributed by atoms with Gasteiger partial charge in [0.25, 0.3) is 11.8 Å². The molecule has 3 aliphatic rings. The van der Waals surface area contributed by atoms with E-state index < -0.39 is 46.5 Å². The lowest BCUT2D eigenvalue weighted by Gasteiger charge is -2.49. The number of hydrazine groups is 1. The lowest BCUT2D eigenvalue weighted by atomic mass is 9.53. The maximum Gasteiger partial charge on any atom is 0.352 e. The zero-order valence-electron chi connectivity index (χ0n) is 26.8. The van der Waals surface area contributed by atoms with Gasteiger partial charge in [-0.15, -0.1) is 0 Å². The fourth-order valence-electron chi connectivity index (χ4n) is 8.00. The molecule has 14 heteroatoms. The zero-order valence-corrected chi connectivity index (χ0v) is 29.1. The zero-order chi connectivity index (χ0) is 35.8. The smallest absolute Gasteiger partial charge is 0.352 e. The summed E-state index contributed by atoms with van der Waals surface area (Å²) < 4.78 is 9.22. The molecule has 4 aromatic carbocycles. The molecule has 1 saturated heterocycles. The number of nitrogens with zero attached hydrogens (tertiary/aromatic N) is 4. The Labute approximate surface area is 305 Å². The van der Waals surface area contributed by atoms with E-state index in [9.17, 15) is 19.5 Å². The number of phenolic OH excluding ortho intramolecular Hbond substituents is 1. The number of amides is 2. The number of halogens is 3. The summed E-state index contributed by atoms with van der Waals surface area (Å²) in [6.45, 7) is -0.00852. The van der Waals surface area contributed by atoms with Gasteiger partial charge in [0.05, 0.1) is 47.4 Å². The molecule has 0 unspecified atom stereocenters. The number of hydrogen-bond acceptors (Lipinski definition) is 7. The molecule has 2 fully saturated rings. The molecule has 1 aliphatic carbocycles. The van der Waals surface area contributed by atoms with Crippen LogP contribution in [0.25, 0.3) is 5.69 Å². The van der Waals surface area contributed by atoms with Gasteiger partial charge >= 0.3 is 11.4 Å². The SMILES string of the molecule is COc1ccc([C@@]23C(=O)N(Nc4ccc(Cl)cc4Cl)C(=O)[C@@H]2C[C@@H]2C(=CCn4c(=O)n(-c5ccccc5)c(=O)n42)[C@@H]3c2cc(Cl)ccc2O)cc1. The van der Waals surface area contributed by atoms with E-state index in [1.807, 2.05) is 0 Å². The minimum Gasteiger partial charge on any atom is -0.508 e. The minimum absolute atomic E-state index is 0.00852. The summed E-state index contributed by atoms with van der Waals surface area (Å²) in [6.07, 6.45) is 1.77. The first-order valence-corrected chi connectivity index (χ1v) is 17.1. The third kappa shape index (κ3) is 4.86. The van der Waals surface area contributed by atoms with Crippen LogP contribution in [0.4, 0.5) is 5.69 Å². The van der Waals surface area contributed by atoms with Crippen LogP contribution in [0.1, 0.15) is 29.5 Å². The largest absolute Gasteiger partial charge is 0.508 e. The van der Waals surface area contributed by atoms with Crippen molar-refractivity contribution in [2.75, 3.05) is 12.5 Å². The second kappa shape index (κ2) is 12.2. The summed E-state index contributed by atoms with van der Waals surface area (Å²) in [4.78, 5) is 58.2. The number of phenols is 1. The molecule has 1 aromatic heterocycles. The number of ether oxygens (including phenoxy) is 1. The number of hydrogen-bond donors (Lipinski definition) is 2. The number of fused-ring (bicyclic) bond motifs is 4. The highest BCUT2D eigenvalue weighted by molar-refractivity contribution is 6.36. The topological polar surface area (TPSA) is 128 Å². The first-order chi connectivity index (χ1) is 24.6. The van der Waals surface area contributed by atoms with Crippen molar-refractivity contribution < 1.29 is 19.4 Å². The third-order valence-corrected chi connectivity index (χ3v) is 10.9. The molecule has 0 radical (unpaired) electrons. The van der Waals surface area contributed by atoms with E-state index in [4.69, 9.17) is 39.5 Å². The highest BCUT2D eigenvalue weighted by Gasteiger charge is 2.69. The first-order valence-electron chi connectivity index (χ1n) is 16.0. The molecular formula is C37H28Cl3N5O6. The Morgan fingerprint density at radius 3 is 2.27 bits per heavy atom. The third-order valence-electron chi connectivity index (χ3n) is 10.2. The molecular weight excluding hydrogens is 717 g/mol. The number of anilines is 1. The fourth-order valence-corrected chi connectivity index (χ4v) is 8.64. The average molecular weight is 745 g/mol. The molecule has 2 aliphatic heterocycles. The van der Waals surface area contributed by atoms with E-state index in [-0.39, 0.29) is 40.0 Å². The van der Waals surface area contributed by atoms with Crippen molar-refractivity contribution in [3.8, 4) is 17.2 Å². The number of para-hydroxylation sites is 1. The lowest BCUT2D eigenvalue weighted by Crippen LogP contribution is -2.53. The summed E-state index contributed by atoms with van der Waals surface area (Å²) in [5, 5.41) is 13.3. The van der Waals surface area contributed by atoms with Crippen LogP contribution in [0.3, 0.4) is 0 Å². The monoisotopic (exact) mass is 743 g/mol. The second-order valence-corrected chi connectivity index (χ2v) is 13.9. The molecule has 0 bridgehead atoms. The van der Waals surface area contributed by atoms with E-state index in [1.165, 1.54) is 34.7 Å². The molecule has 258 valence electrons. The highest BCUT2D eigenvalue weighted by Crippen LogP contribution is 2.63. The van der Waals surface area contributed by atoms with Crippen molar-refractivity contribution in [2.45, 2.75) is 30.3 Å². The summed E-state index contributed by atoms with van der Waals surface area (Å²) in [5.74, 6) is -3.00. The van der Waals surface area contributed by atoms with E-state index in [0.717, 1.165) is 9.58 Å². The Bertz CT molecular complexity index is 2400. The van der Waals surface area contributed by atoms with Crippen LogP contribution >= 0.6 is 34.8 Å². The number of carbonyl (C=O) groups excluding carboxylic acids is 2. The van der Waals surface area contributed by atoms with Crippen LogP contribution in [-0.2, 0) is 21.5 Å². The van der Waals surface area contributed by atoms with Crippen molar-refractivity contribution in [3.63, 3.8) is 0 Å². The van der Waals surface area contributed by atoms with Crippen LogP contribution in [0.2, 0.25) is 15.1 Å². The van der Waals surface area contributed by atoms with Crippen molar-refractivity contribution in [2.24, 2.45) is 5.92 Å². The van der Waals surface area contributed by atoms with E-state index in [2.05, 4.69) is 5.43 Å². The van der Waals surface area contributed by atoms with E-state index in [1.54, 1.807) is 78.9 Å². The molecule has 51 heavy (non-hydrogen) atoms. The van der Waals surface area contributed by atoms with Crippen molar-refractivity contribution in [1.82, 2.24) is 18.9 Å². The molecule has 4 atom stereocenters. The lowest BCUT2D eigenvalue weighted by molar-refractivity contribution is -0.138. The molecule has 11 nitrogen and oxygen atoms in total. The summed E-state index contributed by atoms with van der Waals surface area (Å²) in [5.41, 5.74) is 2.07. The van der Waals surface area contributed by atoms with Gasteiger partial charge in [-0.3, -0.25) is 15.0 Å². The molecule has 3 heterocycles. The fraction of sp³-hybridized carbons (Fsp3) is 0.189. The molecule has 8 rings (SSSR count). The molecule has 5 aromatic rings. The van der Waals surface area contributed by atoms with Crippen LogP contribution in [0.5, 0.6) is 11.5 Å². The number of methoxy groups -OCH3 is 1. The van der Waals surface area contributed by atoms with Crippen LogP contribution in [0, 0.1) is 5.92 Å². The Morgan fingerprint density at radius 1 is 0.863 bits per heavy atom. The predicted octanol–water partition coefficient (Wildman–Crippen LogP) is 6.09. The van der Waals surface area contributed by atoms with Gasteiger partial charge in [-0.05, 0) is 78.2 Å². The maximum atomic E-state index is 15.3. The maximum absolute atomic E-state index is 15.3. The first kappa shape index (κ1) is 32.9. The van der Waals surface area contributed by atoms with Gasteiger partial charge in [0.2, 0.25) is 0 Å². The molecule has 2 N–H and O–H groups in total. The van der Waals surface area contributed by atoms with Gasteiger partial charge < -0.3 is 9.84 Å². The minimum atomic E-state index is -1.67. The molecule has 0 spiro atoms. The van der Waals surface area contributed by atoms with Crippen molar-refractivity contribution in [3.05, 3.63) is 150 Å². The molecule has 2 amide bonds. The van der Waals surface area contributed by atoms with Gasteiger partial charge in [-0.25, -0.2) is 23.5 Å². The Balaban J connectivity index is 1.40. The highest BCUT2D eigenvalue weighted by atomic mass is 35.5. The standard InChI is InChI=1S/C37H28Cl3N5O6/c1-51-24-11-7-20(8-12-24)37-27(33(47)44(34(37)48)41-29-13-9-22(39)18-28(29)40)19-30-25(32(37)26-17-21(38)10-14-31(26)46)15-16-42-35(49)43(36(50)45(30)42)23-5-3-2-4-6-23/h2-15,17-18,27,30,32,41,46H,16,19H2,1H3/t27-,30+,32+,37+/m0/s1. The Hall–Kier alpha value is -5.23. The van der Waals surface area contributed by atoms with Crippen LogP contribution in [-0.4, -0.2) is 43.0 Å². The summed E-state index contributed by atoms with van der Waals surface area (Å²) in [6, 6.07) is 23.7. The number of nitrogens with one attached hydrogen (secondary N) is 1. The second-order valence-electron chi connectivity index (χ2n) is 12.6. The number of aromatic nitrogens is 3. The number of carbonyl (C=O) groups is 2. The summed E-state index contributed by atoms with van der Waals surface area (Å²) in [7, 11) is 1.52. The normalized spacial score (nSPS) is 22.2. The molecule has 1 saturated carbocycles. The van der Waals surface area contributed by atoms with Gasteiger partial charge in [0.15, 0.2) is 0 Å². The van der Waals surface area contributed by atoms with E-state index >= 15 is 4.79 Å². The number of benzene rings is 4. The number of aromatic hydroxyl groups is 1. The van der Waals surface area contributed by atoms with Crippen LogP contribution < -0.4 is 21.5 Å². The van der Waals surface area contributed by atoms with E-state index in [0.29, 0.717) is 27.6 Å². The Morgan fingerprint density at radius 2 is 1.57 bits per heavy atom. The van der Waals surface area contributed by atoms with Crippen molar-refractivity contribution >= 4 is 52.3 Å². The van der Waals surface area contributed by atoms with Crippen LogP contribution in [0.15, 0.2) is 112 Å². The summed E-state index contributed by atoms with van der Waals surface area (Å²) >= 11 is 19.2. The van der Waals surface area contributed by atoms with Gasteiger partial charge in [-0.1, -0.05) is 71.2 Å². The quantitative estimate of drug-likeness (QED) is 0.159. The number of rotatable bonds is 6. The Kier molecular flexibility index (Phi) is 7.90.